The van der Waals surface area contributed by atoms with Gasteiger partial charge in [-0.05, 0) is 61.6 Å². The van der Waals surface area contributed by atoms with Gasteiger partial charge in [0.25, 0.3) is 5.89 Å². The third-order valence-corrected chi connectivity index (χ3v) is 5.50. The number of carbonyl (C=O) groups is 1. The monoisotopic (exact) mass is 415 g/mol. The van der Waals surface area contributed by atoms with Crippen molar-refractivity contribution in [2.24, 2.45) is 0 Å². The number of hydrogen-bond donors (Lipinski definition) is 0. The second kappa shape index (κ2) is 8.18. The van der Waals surface area contributed by atoms with E-state index in [9.17, 15) is 4.79 Å². The molecule has 1 aliphatic rings. The van der Waals surface area contributed by atoms with Crippen LogP contribution in [0.25, 0.3) is 22.4 Å². The van der Waals surface area contributed by atoms with Crippen LogP contribution in [-0.2, 0) is 24.2 Å². The Morgan fingerprint density at radius 1 is 1.03 bits per heavy atom. The molecular weight excluding hydrogens is 394 g/mol. The van der Waals surface area contributed by atoms with Crippen LogP contribution >= 0.6 is 0 Å². The second-order valence-electron chi connectivity index (χ2n) is 7.44. The van der Waals surface area contributed by atoms with E-state index in [0.29, 0.717) is 11.5 Å². The van der Waals surface area contributed by atoms with Crippen molar-refractivity contribution < 1.29 is 18.7 Å². The van der Waals surface area contributed by atoms with E-state index in [1.165, 1.54) is 0 Å². The maximum atomic E-state index is 13.1. The Bertz CT molecular complexity index is 1250. The first-order valence-electron chi connectivity index (χ1n) is 10.3. The Labute approximate surface area is 179 Å². The quantitative estimate of drug-likeness (QED) is 0.443. The summed E-state index contributed by atoms with van der Waals surface area (Å²) in [4.78, 5) is 17.9. The highest BCUT2D eigenvalue weighted by Gasteiger charge is 2.24. The number of hydrogen-bond acceptors (Lipinski definition) is 7. The molecule has 7 nitrogen and oxygen atoms in total. The summed E-state index contributed by atoms with van der Waals surface area (Å²) in [6.45, 7) is -0.0899. The summed E-state index contributed by atoms with van der Waals surface area (Å²) in [6, 6.07) is 15.0. The van der Waals surface area contributed by atoms with Crippen molar-refractivity contribution >= 4 is 16.9 Å². The zero-order valence-corrected chi connectivity index (χ0v) is 17.1. The van der Waals surface area contributed by atoms with Gasteiger partial charge < -0.3 is 13.9 Å². The Morgan fingerprint density at radius 3 is 2.68 bits per heavy atom. The lowest BCUT2D eigenvalue weighted by Gasteiger charge is -2.19. The van der Waals surface area contributed by atoms with Gasteiger partial charge in [0.15, 0.2) is 6.61 Å². The fraction of sp³-hybridized carbons (Fsp3) is 0.250. The fourth-order valence-electron chi connectivity index (χ4n) is 3.97. The molecule has 0 bridgehead atoms. The number of aromatic nitrogens is 3. The topological polar surface area (TPSA) is 87.3 Å². The lowest BCUT2D eigenvalue weighted by atomic mass is 9.90. The highest BCUT2D eigenvalue weighted by atomic mass is 16.5. The maximum Gasteiger partial charge on any atom is 0.339 e. The van der Waals surface area contributed by atoms with Crippen molar-refractivity contribution in [2.75, 3.05) is 7.11 Å². The molecule has 0 radical (unpaired) electrons. The normalized spacial score (nSPS) is 13.1. The highest BCUT2D eigenvalue weighted by molar-refractivity contribution is 6.05. The van der Waals surface area contributed by atoms with E-state index in [0.717, 1.165) is 59.2 Å². The summed E-state index contributed by atoms with van der Waals surface area (Å²) in [5.74, 6) is 0.957. The summed E-state index contributed by atoms with van der Waals surface area (Å²) >= 11 is 0. The number of methoxy groups -OCH3 is 1. The van der Waals surface area contributed by atoms with Crippen LogP contribution in [0.5, 0.6) is 5.75 Å². The minimum Gasteiger partial charge on any atom is -0.497 e. The molecule has 0 amide bonds. The van der Waals surface area contributed by atoms with E-state index in [-0.39, 0.29) is 18.5 Å². The molecule has 2 heterocycles. The number of para-hydroxylation sites is 1. The van der Waals surface area contributed by atoms with Gasteiger partial charge in [0.1, 0.15) is 5.75 Å². The molecule has 2 aromatic heterocycles. The maximum absolute atomic E-state index is 13.1. The number of esters is 1. The SMILES string of the molecule is COc1ccc(-c2nnc(COC(=O)c3c4c(nc5ccccc35)CCCC4)o2)cc1. The molecule has 0 saturated heterocycles. The molecule has 0 unspecified atom stereocenters. The molecule has 7 heteroatoms. The largest absolute Gasteiger partial charge is 0.497 e. The molecule has 5 rings (SSSR count). The molecule has 0 fully saturated rings. The first-order valence-corrected chi connectivity index (χ1v) is 10.3. The van der Waals surface area contributed by atoms with Gasteiger partial charge in [-0.3, -0.25) is 4.98 Å². The van der Waals surface area contributed by atoms with Crippen LogP contribution in [-0.4, -0.2) is 28.3 Å². The average molecular weight is 415 g/mol. The van der Waals surface area contributed by atoms with Gasteiger partial charge >= 0.3 is 5.97 Å². The van der Waals surface area contributed by atoms with Crippen molar-refractivity contribution in [2.45, 2.75) is 32.3 Å². The van der Waals surface area contributed by atoms with E-state index >= 15 is 0 Å². The van der Waals surface area contributed by atoms with Gasteiger partial charge in [0.05, 0.1) is 18.2 Å². The van der Waals surface area contributed by atoms with Gasteiger partial charge in [-0.2, -0.15) is 0 Å². The smallest absolute Gasteiger partial charge is 0.339 e. The van der Waals surface area contributed by atoms with Crippen molar-refractivity contribution in [3.8, 4) is 17.2 Å². The molecular formula is C24H21N3O4. The van der Waals surface area contributed by atoms with E-state index in [1.807, 2.05) is 48.5 Å². The van der Waals surface area contributed by atoms with Gasteiger partial charge in [-0.15, -0.1) is 10.2 Å². The average Bonchev–Trinajstić information content (AvgIpc) is 3.30. The van der Waals surface area contributed by atoms with Crippen LogP contribution in [0.2, 0.25) is 0 Å². The van der Waals surface area contributed by atoms with E-state index in [4.69, 9.17) is 18.9 Å². The number of pyridine rings is 1. The van der Waals surface area contributed by atoms with Crippen molar-refractivity contribution in [1.82, 2.24) is 15.2 Å². The third-order valence-electron chi connectivity index (χ3n) is 5.50. The summed E-state index contributed by atoms with van der Waals surface area (Å²) in [5, 5.41) is 8.88. The fourth-order valence-corrected chi connectivity index (χ4v) is 3.97. The molecule has 0 aliphatic heterocycles. The van der Waals surface area contributed by atoms with Crippen molar-refractivity contribution in [1.29, 1.82) is 0 Å². The molecule has 0 spiro atoms. The second-order valence-corrected chi connectivity index (χ2v) is 7.44. The summed E-state index contributed by atoms with van der Waals surface area (Å²) in [5.41, 5.74) is 4.18. The van der Waals surface area contributed by atoms with E-state index in [2.05, 4.69) is 10.2 Å². The third kappa shape index (κ3) is 3.74. The van der Waals surface area contributed by atoms with Gasteiger partial charge in [0, 0.05) is 16.6 Å². The zero-order valence-electron chi connectivity index (χ0n) is 17.1. The number of aryl methyl sites for hydroxylation is 1. The molecule has 1 aliphatic carbocycles. The molecule has 4 aromatic rings. The summed E-state index contributed by atoms with van der Waals surface area (Å²) in [6.07, 6.45) is 3.85. The highest BCUT2D eigenvalue weighted by Crippen LogP contribution is 2.30. The minimum atomic E-state index is -0.388. The van der Waals surface area contributed by atoms with Gasteiger partial charge in [-0.25, -0.2) is 4.79 Å². The Balaban J connectivity index is 1.38. The molecule has 156 valence electrons. The number of carbonyl (C=O) groups excluding carboxylic acids is 1. The van der Waals surface area contributed by atoms with Crippen LogP contribution in [0.1, 0.15) is 40.3 Å². The Kier molecular flexibility index (Phi) is 5.08. The predicted molar refractivity (Wildman–Crippen MR) is 114 cm³/mol. The van der Waals surface area contributed by atoms with Crippen LogP contribution in [0.3, 0.4) is 0 Å². The van der Waals surface area contributed by atoms with Gasteiger partial charge in [-0.1, -0.05) is 18.2 Å². The Morgan fingerprint density at radius 2 is 1.84 bits per heavy atom. The van der Waals surface area contributed by atoms with Crippen LogP contribution in [0, 0.1) is 0 Å². The van der Waals surface area contributed by atoms with Crippen LogP contribution in [0.15, 0.2) is 52.9 Å². The van der Waals surface area contributed by atoms with Crippen molar-refractivity contribution in [3.05, 3.63) is 71.2 Å². The summed E-state index contributed by atoms with van der Waals surface area (Å²) < 4.78 is 16.4. The lowest BCUT2D eigenvalue weighted by molar-refractivity contribution is 0.0439. The standard InChI is InChI=1S/C24H21N3O4/c1-29-16-12-10-15(11-13-16)23-27-26-21(31-23)14-30-24(28)22-17-6-2-4-8-19(17)25-20-9-5-3-7-18(20)22/h2,4,6,8,10-13H,3,5,7,9,14H2,1H3. The zero-order chi connectivity index (χ0) is 21.2. The van der Waals surface area contributed by atoms with E-state index < -0.39 is 0 Å². The molecule has 31 heavy (non-hydrogen) atoms. The number of nitrogens with zero attached hydrogens (tertiary/aromatic N) is 3. The molecule has 0 atom stereocenters. The number of ether oxygens (including phenoxy) is 2. The number of benzene rings is 2. The van der Waals surface area contributed by atoms with Gasteiger partial charge in [0.2, 0.25) is 5.89 Å². The van der Waals surface area contributed by atoms with Crippen LogP contribution in [0.4, 0.5) is 0 Å². The first kappa shape index (κ1) is 19.2. The number of rotatable bonds is 5. The first-order chi connectivity index (χ1) is 15.2. The molecule has 0 N–H and O–H groups in total. The van der Waals surface area contributed by atoms with Crippen molar-refractivity contribution in [3.63, 3.8) is 0 Å². The lowest BCUT2D eigenvalue weighted by Crippen LogP contribution is -2.15. The predicted octanol–water partition coefficient (Wildman–Crippen LogP) is 4.53. The summed E-state index contributed by atoms with van der Waals surface area (Å²) in [7, 11) is 1.61. The molecule has 0 saturated carbocycles. The minimum absolute atomic E-state index is 0.0899. The van der Waals surface area contributed by atoms with E-state index in [1.54, 1.807) is 7.11 Å². The number of fused-ring (bicyclic) bond motifs is 2. The van der Waals surface area contributed by atoms with Crippen LogP contribution < -0.4 is 4.74 Å². The molecule has 2 aromatic carbocycles. The Hall–Kier alpha value is -3.74.